The fraction of sp³-hybridized carbons (Fsp3) is 0.0909. The zero-order chi connectivity index (χ0) is 12.5. The smallest absolute Gasteiger partial charge is 0.268 e. The van der Waals surface area contributed by atoms with Gasteiger partial charge in [-0.2, -0.15) is 18.3 Å². The molecule has 2 aromatic rings. The topological polar surface area (TPSA) is 28.7 Å². The van der Waals surface area contributed by atoms with Gasteiger partial charge < -0.3 is 0 Å². The van der Waals surface area contributed by atoms with E-state index in [2.05, 4.69) is 10.2 Å². The van der Waals surface area contributed by atoms with Crippen LogP contribution in [0.1, 0.15) is 5.56 Å². The molecule has 0 saturated carbocycles. The van der Waals surface area contributed by atoms with Gasteiger partial charge in [0.15, 0.2) is 0 Å². The van der Waals surface area contributed by atoms with Gasteiger partial charge in [-0.1, -0.05) is 30.4 Å². The molecule has 0 amide bonds. The second kappa shape index (κ2) is 4.29. The summed E-state index contributed by atoms with van der Waals surface area (Å²) < 4.78 is 38.6. The van der Waals surface area contributed by atoms with Gasteiger partial charge in [0, 0.05) is 5.56 Å². The van der Waals surface area contributed by atoms with Gasteiger partial charge >= 0.3 is 6.18 Å². The minimum atomic E-state index is -4.39. The number of aromatic amines is 1. The Morgan fingerprint density at radius 3 is 2.53 bits per heavy atom. The highest BCUT2D eigenvalue weighted by molar-refractivity contribution is 7.71. The van der Waals surface area contributed by atoms with Crippen LogP contribution in [-0.2, 0) is 6.18 Å². The van der Waals surface area contributed by atoms with Crippen molar-refractivity contribution in [3.05, 3.63) is 46.7 Å². The summed E-state index contributed by atoms with van der Waals surface area (Å²) in [5, 5.41) is 6.17. The molecule has 0 radical (unpaired) electrons. The first-order valence-electron chi connectivity index (χ1n) is 4.70. The molecule has 0 fully saturated rings. The Morgan fingerprint density at radius 2 is 1.88 bits per heavy atom. The van der Waals surface area contributed by atoms with E-state index in [1.165, 1.54) is 24.4 Å². The van der Waals surface area contributed by atoms with Crippen LogP contribution in [0.2, 0.25) is 0 Å². The molecule has 0 atom stereocenters. The van der Waals surface area contributed by atoms with E-state index in [1.807, 2.05) is 0 Å². The van der Waals surface area contributed by atoms with Gasteiger partial charge in [0.1, 0.15) is 4.64 Å². The molecular weight excluding hydrogens is 249 g/mol. The molecule has 1 N–H and O–H groups in total. The first-order valence-corrected chi connectivity index (χ1v) is 5.10. The summed E-state index contributed by atoms with van der Waals surface area (Å²) in [5.41, 5.74) is -0.267. The van der Waals surface area contributed by atoms with Crippen molar-refractivity contribution in [2.45, 2.75) is 6.18 Å². The average Bonchev–Trinajstić information content (AvgIpc) is 2.28. The lowest BCUT2D eigenvalue weighted by molar-refractivity contribution is -0.137. The predicted molar refractivity (Wildman–Crippen MR) is 59.9 cm³/mol. The third kappa shape index (κ3) is 2.52. The van der Waals surface area contributed by atoms with Crippen LogP contribution >= 0.6 is 12.2 Å². The number of aromatic nitrogens is 2. The number of nitrogens with zero attached hydrogens (tertiary/aromatic N) is 1. The molecule has 2 rings (SSSR count). The van der Waals surface area contributed by atoms with Gasteiger partial charge in [0.2, 0.25) is 0 Å². The second-order valence-electron chi connectivity index (χ2n) is 3.38. The zero-order valence-corrected chi connectivity index (χ0v) is 9.27. The lowest BCUT2D eigenvalue weighted by Gasteiger charge is -2.12. The number of halogens is 3. The molecule has 0 saturated heterocycles. The quantitative estimate of drug-likeness (QED) is 0.786. The first-order chi connectivity index (χ1) is 7.98. The summed E-state index contributed by atoms with van der Waals surface area (Å²) in [4.78, 5) is 0. The number of alkyl halides is 3. The molecule has 1 heterocycles. The number of rotatable bonds is 1. The summed E-state index contributed by atoms with van der Waals surface area (Å²) in [6.45, 7) is 0. The minimum Gasteiger partial charge on any atom is -0.268 e. The van der Waals surface area contributed by atoms with E-state index < -0.39 is 11.7 Å². The number of benzene rings is 1. The molecule has 0 aliphatic heterocycles. The van der Waals surface area contributed by atoms with E-state index in [4.69, 9.17) is 12.2 Å². The van der Waals surface area contributed by atoms with Crippen molar-refractivity contribution in [3.63, 3.8) is 0 Å². The largest absolute Gasteiger partial charge is 0.417 e. The van der Waals surface area contributed by atoms with Crippen LogP contribution in [0.3, 0.4) is 0 Å². The van der Waals surface area contributed by atoms with Crippen molar-refractivity contribution in [3.8, 4) is 11.1 Å². The van der Waals surface area contributed by atoms with E-state index >= 15 is 0 Å². The summed E-state index contributed by atoms with van der Waals surface area (Å²) in [5.74, 6) is 0. The highest BCUT2D eigenvalue weighted by Gasteiger charge is 2.33. The Bertz CT molecular complexity index is 590. The van der Waals surface area contributed by atoms with Crippen LogP contribution in [0, 0.1) is 4.64 Å². The summed E-state index contributed by atoms with van der Waals surface area (Å²) in [7, 11) is 0. The Balaban J connectivity index is 2.64. The normalized spacial score (nSPS) is 11.5. The molecule has 88 valence electrons. The average molecular weight is 256 g/mol. The van der Waals surface area contributed by atoms with E-state index in [1.54, 1.807) is 6.07 Å². The van der Waals surface area contributed by atoms with Gasteiger partial charge in [-0.05, 0) is 17.7 Å². The van der Waals surface area contributed by atoms with Crippen molar-refractivity contribution >= 4 is 12.2 Å². The van der Waals surface area contributed by atoms with Gasteiger partial charge in [-0.25, -0.2) is 0 Å². The summed E-state index contributed by atoms with van der Waals surface area (Å²) in [6.07, 6.45) is -3.07. The van der Waals surface area contributed by atoms with E-state index in [-0.39, 0.29) is 5.56 Å². The van der Waals surface area contributed by atoms with Crippen molar-refractivity contribution < 1.29 is 13.2 Å². The molecule has 1 aromatic heterocycles. The van der Waals surface area contributed by atoms with Gasteiger partial charge in [0.05, 0.1) is 11.8 Å². The third-order valence-electron chi connectivity index (χ3n) is 2.21. The number of hydrogen-bond acceptors (Lipinski definition) is 2. The molecule has 0 bridgehead atoms. The lowest BCUT2D eigenvalue weighted by Crippen LogP contribution is -2.07. The van der Waals surface area contributed by atoms with Gasteiger partial charge in [-0.3, -0.25) is 5.10 Å². The molecule has 6 heteroatoms. The van der Waals surface area contributed by atoms with Crippen molar-refractivity contribution in [1.29, 1.82) is 0 Å². The Kier molecular flexibility index (Phi) is 2.97. The maximum atomic E-state index is 12.8. The SMILES string of the molecule is FC(F)(F)c1ccccc1-c1cn[nH]c(=S)c1. The molecule has 0 spiro atoms. The number of hydrogen-bond donors (Lipinski definition) is 1. The maximum absolute atomic E-state index is 12.8. The zero-order valence-electron chi connectivity index (χ0n) is 8.45. The molecular formula is C11H7F3N2S. The third-order valence-corrected chi connectivity index (χ3v) is 2.42. The van der Waals surface area contributed by atoms with Crippen LogP contribution in [0.4, 0.5) is 13.2 Å². The van der Waals surface area contributed by atoms with Crippen LogP contribution in [0.5, 0.6) is 0 Å². The van der Waals surface area contributed by atoms with Crippen LogP contribution in [0.25, 0.3) is 11.1 Å². The monoisotopic (exact) mass is 256 g/mol. The number of nitrogens with one attached hydrogen (secondary N) is 1. The fourth-order valence-electron chi connectivity index (χ4n) is 1.51. The van der Waals surface area contributed by atoms with Crippen LogP contribution in [-0.4, -0.2) is 10.2 Å². The van der Waals surface area contributed by atoms with Crippen LogP contribution in [0.15, 0.2) is 36.5 Å². The van der Waals surface area contributed by atoms with E-state index in [9.17, 15) is 13.2 Å². The highest BCUT2D eigenvalue weighted by Crippen LogP contribution is 2.36. The lowest BCUT2D eigenvalue weighted by atomic mass is 10.0. The van der Waals surface area contributed by atoms with E-state index in [0.29, 0.717) is 10.2 Å². The molecule has 0 unspecified atom stereocenters. The molecule has 0 aliphatic carbocycles. The molecule has 17 heavy (non-hydrogen) atoms. The number of H-pyrrole nitrogens is 1. The van der Waals surface area contributed by atoms with Crippen molar-refractivity contribution in [1.82, 2.24) is 10.2 Å². The summed E-state index contributed by atoms with van der Waals surface area (Å²) >= 11 is 4.84. The Hall–Kier alpha value is -1.69. The second-order valence-corrected chi connectivity index (χ2v) is 3.82. The Morgan fingerprint density at radius 1 is 1.18 bits per heavy atom. The van der Waals surface area contributed by atoms with Crippen molar-refractivity contribution in [2.75, 3.05) is 0 Å². The predicted octanol–water partition coefficient (Wildman–Crippen LogP) is 3.82. The maximum Gasteiger partial charge on any atom is 0.417 e. The molecule has 0 aliphatic rings. The molecule has 1 aromatic carbocycles. The minimum absolute atomic E-state index is 0.0765. The molecule has 2 nitrogen and oxygen atoms in total. The fourth-order valence-corrected chi connectivity index (χ4v) is 1.69. The first kappa shape index (κ1) is 11.8. The Labute approximate surface area is 100 Å². The standard InChI is InChI=1S/C11H7F3N2S/c12-11(13,14)9-4-2-1-3-8(9)7-5-10(17)16-15-6-7/h1-6H,(H,16,17). The van der Waals surface area contributed by atoms with Crippen LogP contribution < -0.4 is 0 Å². The van der Waals surface area contributed by atoms with Crippen molar-refractivity contribution in [2.24, 2.45) is 0 Å². The highest BCUT2D eigenvalue weighted by atomic mass is 32.1. The van der Waals surface area contributed by atoms with E-state index in [0.717, 1.165) is 6.07 Å². The van der Waals surface area contributed by atoms with Gasteiger partial charge in [0.25, 0.3) is 0 Å². The summed E-state index contributed by atoms with van der Waals surface area (Å²) in [6, 6.07) is 6.78. The van der Waals surface area contributed by atoms with Gasteiger partial charge in [-0.15, -0.1) is 0 Å².